The number of hydrogen-bond acceptors (Lipinski definition) is 3. The van der Waals surface area contributed by atoms with E-state index in [4.69, 9.17) is 5.26 Å². The van der Waals surface area contributed by atoms with Crippen LogP contribution in [0.1, 0.15) is 11.1 Å². The fourth-order valence-electron chi connectivity index (χ4n) is 1.76. The third kappa shape index (κ3) is 3.26. The molecule has 0 radical (unpaired) electrons. The molecule has 1 aromatic carbocycles. The second-order valence-corrected chi connectivity index (χ2v) is 4.12. The van der Waals surface area contributed by atoms with Crippen molar-refractivity contribution in [1.29, 1.82) is 5.26 Å². The van der Waals surface area contributed by atoms with Crippen molar-refractivity contribution in [3.8, 4) is 22.9 Å². The van der Waals surface area contributed by atoms with Crippen LogP contribution in [0.5, 0.6) is 5.75 Å². The molecule has 102 valence electrons. The summed E-state index contributed by atoms with van der Waals surface area (Å²) in [4.78, 5) is 3.97. The Kier molecular flexibility index (Phi) is 3.61. The number of halogens is 3. The molecule has 2 aromatic rings. The van der Waals surface area contributed by atoms with Crippen LogP contribution in [-0.2, 0) is 0 Å². The predicted molar refractivity (Wildman–Crippen MR) is 65.8 cm³/mol. The molecule has 0 aliphatic rings. The third-order valence-electron chi connectivity index (χ3n) is 2.53. The Hall–Kier alpha value is -2.55. The van der Waals surface area contributed by atoms with E-state index in [9.17, 15) is 13.2 Å². The molecule has 1 aromatic heterocycles. The second-order valence-electron chi connectivity index (χ2n) is 4.12. The maximum absolute atomic E-state index is 12.2. The van der Waals surface area contributed by atoms with Crippen LogP contribution in [0, 0.1) is 18.3 Å². The van der Waals surface area contributed by atoms with E-state index < -0.39 is 6.36 Å². The Morgan fingerprint density at radius 2 is 1.95 bits per heavy atom. The third-order valence-corrected chi connectivity index (χ3v) is 2.53. The van der Waals surface area contributed by atoms with Crippen LogP contribution >= 0.6 is 0 Å². The van der Waals surface area contributed by atoms with E-state index in [1.54, 1.807) is 19.2 Å². The summed E-state index contributed by atoms with van der Waals surface area (Å²) in [6.45, 7) is 1.80. The molecule has 0 saturated carbocycles. The molecule has 0 N–H and O–H groups in total. The number of alkyl halides is 3. The fraction of sp³-hybridized carbons (Fsp3) is 0.143. The molecule has 1 heterocycles. The molecule has 0 fully saturated rings. The smallest absolute Gasteiger partial charge is 0.406 e. The van der Waals surface area contributed by atoms with Gasteiger partial charge in [0.15, 0.2) is 0 Å². The van der Waals surface area contributed by atoms with Gasteiger partial charge >= 0.3 is 6.36 Å². The number of nitriles is 1. The molecule has 0 atom stereocenters. The first kappa shape index (κ1) is 13.9. The molecule has 3 nitrogen and oxygen atoms in total. The molecule has 0 saturated heterocycles. The summed E-state index contributed by atoms with van der Waals surface area (Å²) in [7, 11) is 0. The molecule has 0 bridgehead atoms. The molecular formula is C14H9F3N2O. The zero-order valence-electron chi connectivity index (χ0n) is 10.4. The second kappa shape index (κ2) is 5.21. The lowest BCUT2D eigenvalue weighted by molar-refractivity contribution is -0.274. The summed E-state index contributed by atoms with van der Waals surface area (Å²) < 4.78 is 40.5. The van der Waals surface area contributed by atoms with E-state index in [1.165, 1.54) is 18.3 Å². The quantitative estimate of drug-likeness (QED) is 0.838. The molecule has 6 heteroatoms. The number of rotatable bonds is 2. The number of benzene rings is 1. The van der Waals surface area contributed by atoms with Crippen molar-refractivity contribution in [2.75, 3.05) is 0 Å². The van der Waals surface area contributed by atoms with Crippen molar-refractivity contribution < 1.29 is 17.9 Å². The molecular weight excluding hydrogens is 269 g/mol. The molecule has 2 rings (SSSR count). The minimum atomic E-state index is -4.77. The number of hydrogen-bond donors (Lipinski definition) is 0. The van der Waals surface area contributed by atoms with Gasteiger partial charge in [-0.25, -0.2) is 0 Å². The SMILES string of the molecule is Cc1cncc(-c2cc(OC(F)(F)F)ccc2C#N)c1. The van der Waals surface area contributed by atoms with E-state index in [-0.39, 0.29) is 11.3 Å². The number of aryl methyl sites for hydroxylation is 1. The van der Waals surface area contributed by atoms with Crippen LogP contribution in [0.25, 0.3) is 11.1 Å². The zero-order valence-corrected chi connectivity index (χ0v) is 10.4. The number of pyridine rings is 1. The topological polar surface area (TPSA) is 45.9 Å². The van der Waals surface area contributed by atoms with Gasteiger partial charge in [0, 0.05) is 23.5 Å². The van der Waals surface area contributed by atoms with Gasteiger partial charge in [0.25, 0.3) is 0 Å². The lowest BCUT2D eigenvalue weighted by atomic mass is 10.0. The molecule has 0 spiro atoms. The highest BCUT2D eigenvalue weighted by Gasteiger charge is 2.31. The highest BCUT2D eigenvalue weighted by Crippen LogP contribution is 2.30. The van der Waals surface area contributed by atoms with Gasteiger partial charge in [-0.05, 0) is 36.8 Å². The van der Waals surface area contributed by atoms with Crippen molar-refractivity contribution in [1.82, 2.24) is 4.98 Å². The maximum atomic E-state index is 12.2. The Balaban J connectivity index is 2.50. The Bertz CT molecular complexity index is 675. The van der Waals surface area contributed by atoms with Crippen LogP contribution in [0.4, 0.5) is 13.2 Å². The normalized spacial score (nSPS) is 10.9. The van der Waals surface area contributed by atoms with Crippen molar-refractivity contribution in [2.45, 2.75) is 13.3 Å². The van der Waals surface area contributed by atoms with Crippen molar-refractivity contribution >= 4 is 0 Å². The maximum Gasteiger partial charge on any atom is 0.573 e. The van der Waals surface area contributed by atoms with Crippen LogP contribution in [0.3, 0.4) is 0 Å². The van der Waals surface area contributed by atoms with Gasteiger partial charge in [-0.15, -0.1) is 13.2 Å². The highest BCUT2D eigenvalue weighted by atomic mass is 19.4. The van der Waals surface area contributed by atoms with Crippen LogP contribution < -0.4 is 4.74 Å². The molecule has 0 amide bonds. The summed E-state index contributed by atoms with van der Waals surface area (Å²) in [6, 6.07) is 7.26. The Morgan fingerprint density at radius 3 is 2.55 bits per heavy atom. The highest BCUT2D eigenvalue weighted by molar-refractivity contribution is 5.71. The fourth-order valence-corrected chi connectivity index (χ4v) is 1.76. The van der Waals surface area contributed by atoms with Gasteiger partial charge in [0.2, 0.25) is 0 Å². The summed E-state index contributed by atoms with van der Waals surface area (Å²) in [5.41, 5.74) is 2.01. The Labute approximate surface area is 113 Å². The minimum absolute atomic E-state index is 0.256. The van der Waals surface area contributed by atoms with Gasteiger partial charge in [-0.2, -0.15) is 5.26 Å². The van der Waals surface area contributed by atoms with Crippen LogP contribution in [-0.4, -0.2) is 11.3 Å². The van der Waals surface area contributed by atoms with Crippen molar-refractivity contribution in [3.63, 3.8) is 0 Å². The lowest BCUT2D eigenvalue weighted by Crippen LogP contribution is -2.17. The number of ether oxygens (including phenoxy) is 1. The predicted octanol–water partition coefficient (Wildman–Crippen LogP) is 3.83. The van der Waals surface area contributed by atoms with Crippen molar-refractivity contribution in [3.05, 3.63) is 47.8 Å². The summed E-state index contributed by atoms with van der Waals surface area (Å²) in [5, 5.41) is 9.04. The van der Waals surface area contributed by atoms with Gasteiger partial charge in [-0.1, -0.05) is 0 Å². The van der Waals surface area contributed by atoms with Gasteiger partial charge in [0.1, 0.15) is 5.75 Å². The van der Waals surface area contributed by atoms with Crippen LogP contribution in [0.2, 0.25) is 0 Å². The monoisotopic (exact) mass is 278 g/mol. The summed E-state index contributed by atoms with van der Waals surface area (Å²) in [5.74, 6) is -0.368. The Morgan fingerprint density at radius 1 is 1.20 bits per heavy atom. The lowest BCUT2D eigenvalue weighted by Gasteiger charge is -2.11. The number of aromatic nitrogens is 1. The average Bonchev–Trinajstić information content (AvgIpc) is 2.37. The molecule has 0 aliphatic heterocycles. The van der Waals surface area contributed by atoms with E-state index in [1.807, 2.05) is 6.07 Å². The van der Waals surface area contributed by atoms with E-state index in [2.05, 4.69) is 9.72 Å². The standard InChI is InChI=1S/C14H9F3N2O/c1-9-4-11(8-19-7-9)13-5-12(20-14(15,16)17)3-2-10(13)6-18/h2-5,7-8H,1H3. The summed E-state index contributed by atoms with van der Waals surface area (Å²) >= 11 is 0. The van der Waals surface area contributed by atoms with Gasteiger partial charge < -0.3 is 4.74 Å². The first-order chi connectivity index (χ1) is 9.39. The van der Waals surface area contributed by atoms with E-state index >= 15 is 0 Å². The molecule has 0 unspecified atom stereocenters. The zero-order chi connectivity index (χ0) is 14.8. The van der Waals surface area contributed by atoms with Gasteiger partial charge in [0.05, 0.1) is 11.6 Å². The van der Waals surface area contributed by atoms with Crippen LogP contribution in [0.15, 0.2) is 36.7 Å². The molecule has 0 aliphatic carbocycles. The minimum Gasteiger partial charge on any atom is -0.406 e. The van der Waals surface area contributed by atoms with Gasteiger partial charge in [-0.3, -0.25) is 4.98 Å². The average molecular weight is 278 g/mol. The first-order valence-electron chi connectivity index (χ1n) is 5.61. The molecule has 20 heavy (non-hydrogen) atoms. The number of nitrogens with zero attached hydrogens (tertiary/aromatic N) is 2. The largest absolute Gasteiger partial charge is 0.573 e. The van der Waals surface area contributed by atoms with E-state index in [0.29, 0.717) is 11.1 Å². The summed E-state index contributed by atoms with van der Waals surface area (Å²) in [6.07, 6.45) is -1.66. The first-order valence-corrected chi connectivity index (χ1v) is 5.61. The van der Waals surface area contributed by atoms with Crippen molar-refractivity contribution in [2.24, 2.45) is 0 Å². The van der Waals surface area contributed by atoms with E-state index in [0.717, 1.165) is 11.6 Å².